The number of nitrogens with one attached hydrogen (secondary N) is 2. The minimum Gasteiger partial charge on any atom is -0.381 e. The van der Waals surface area contributed by atoms with E-state index in [-0.39, 0.29) is 58.5 Å². The first-order chi connectivity index (χ1) is 20.3. The molecular weight excluding hydrogens is 537 g/mol. The second kappa shape index (κ2) is 12.0. The van der Waals surface area contributed by atoms with E-state index < -0.39 is 5.82 Å². The highest BCUT2D eigenvalue weighted by molar-refractivity contribution is 6.04. The zero-order chi connectivity index (χ0) is 29.4. The second-order valence-electron chi connectivity index (χ2n) is 13.0. The quantitative estimate of drug-likeness (QED) is 0.500. The number of nitrogen functional groups attached to an aromatic ring is 1. The summed E-state index contributed by atoms with van der Waals surface area (Å²) in [6, 6.07) is -0.111. The molecule has 1 aliphatic carbocycles. The Morgan fingerprint density at radius 1 is 1.10 bits per heavy atom. The maximum atomic E-state index is 14.1. The molecule has 3 aliphatic heterocycles. The highest BCUT2D eigenvalue weighted by atomic mass is 19.1. The average Bonchev–Trinajstić information content (AvgIpc) is 3.35. The summed E-state index contributed by atoms with van der Waals surface area (Å²) in [5, 5.41) is 11.5. The fraction of sp³-hybridized carbons (Fsp3) is 0.733. The molecule has 3 saturated heterocycles. The van der Waals surface area contributed by atoms with Gasteiger partial charge in [0, 0.05) is 50.3 Å². The van der Waals surface area contributed by atoms with Crippen molar-refractivity contribution in [3.8, 4) is 0 Å². The van der Waals surface area contributed by atoms with Gasteiger partial charge in [-0.25, -0.2) is 13.9 Å². The number of hydrogen-bond donors (Lipinski definition) is 3. The van der Waals surface area contributed by atoms with Crippen LogP contribution in [0, 0.1) is 5.82 Å². The van der Waals surface area contributed by atoms with Crippen molar-refractivity contribution in [3.63, 3.8) is 0 Å². The second-order valence-corrected chi connectivity index (χ2v) is 13.0. The number of piperidine rings is 1. The fourth-order valence-electron chi connectivity index (χ4n) is 8.00. The van der Waals surface area contributed by atoms with Crippen LogP contribution < -0.4 is 16.4 Å². The highest BCUT2D eigenvalue weighted by Gasteiger charge is 2.50. The number of hydrogen-bond acceptors (Lipinski definition) is 8. The van der Waals surface area contributed by atoms with Crippen molar-refractivity contribution < 1.29 is 14.0 Å². The van der Waals surface area contributed by atoms with E-state index in [9.17, 15) is 14.0 Å². The van der Waals surface area contributed by atoms with Crippen LogP contribution in [0.25, 0.3) is 5.65 Å². The normalized spacial score (nSPS) is 28.0. The van der Waals surface area contributed by atoms with Gasteiger partial charge in [-0.05, 0) is 39.7 Å². The molecule has 42 heavy (non-hydrogen) atoms. The average molecular weight is 584 g/mol. The number of carbonyl (C=O) groups is 2. The standard InChI is InChI=1S/C30H46FN9O2/c1-20(2)39-16-15-37-13-14-38(19-23(37)29(39)42)22-9-12-34-30(10-7-5-3-4-6-8-11-30)25(22)35-28(41)24-26(32)36-40-18-21(31)17-33-27(24)40/h17-18,20,22-23,25,34H,3-16,19H2,1-2H3,(H2,32,36)(H,35,41). The Morgan fingerprint density at radius 2 is 1.79 bits per heavy atom. The van der Waals surface area contributed by atoms with Crippen molar-refractivity contribution in [1.29, 1.82) is 0 Å². The topological polar surface area (TPSA) is 124 Å². The molecule has 3 unspecified atom stereocenters. The van der Waals surface area contributed by atoms with E-state index in [1.54, 1.807) is 0 Å². The summed E-state index contributed by atoms with van der Waals surface area (Å²) >= 11 is 0. The van der Waals surface area contributed by atoms with Crippen molar-refractivity contribution >= 4 is 23.3 Å². The van der Waals surface area contributed by atoms with E-state index in [1.807, 2.05) is 4.90 Å². The predicted molar refractivity (Wildman–Crippen MR) is 158 cm³/mol. The molecule has 2 aromatic heterocycles. The molecule has 1 spiro atoms. The number of carbonyl (C=O) groups excluding carboxylic acids is 2. The van der Waals surface area contributed by atoms with E-state index in [4.69, 9.17) is 5.73 Å². The van der Waals surface area contributed by atoms with Gasteiger partial charge in [-0.2, -0.15) is 0 Å². The lowest BCUT2D eigenvalue weighted by Crippen LogP contribution is -2.74. The van der Waals surface area contributed by atoms with Gasteiger partial charge in [-0.1, -0.05) is 38.5 Å². The van der Waals surface area contributed by atoms with Crippen molar-refractivity contribution in [1.82, 2.24) is 39.9 Å². The number of nitrogens with two attached hydrogens (primary N) is 1. The summed E-state index contributed by atoms with van der Waals surface area (Å²) < 4.78 is 15.1. The van der Waals surface area contributed by atoms with Gasteiger partial charge in [0.25, 0.3) is 5.91 Å². The smallest absolute Gasteiger partial charge is 0.259 e. The lowest BCUT2D eigenvalue weighted by molar-refractivity contribution is -0.148. The molecule has 11 nitrogen and oxygen atoms in total. The van der Waals surface area contributed by atoms with Crippen molar-refractivity contribution in [2.45, 2.75) is 101 Å². The van der Waals surface area contributed by atoms with Crippen LogP contribution in [0.1, 0.15) is 82.0 Å². The van der Waals surface area contributed by atoms with Crippen LogP contribution in [0.15, 0.2) is 12.4 Å². The van der Waals surface area contributed by atoms with Crippen LogP contribution in [-0.4, -0.2) is 110 Å². The Bertz CT molecular complexity index is 1290. The Hall–Kier alpha value is -2.83. The number of halogens is 1. The van der Waals surface area contributed by atoms with E-state index in [1.165, 1.54) is 36.4 Å². The molecule has 4 aliphatic rings. The first kappa shape index (κ1) is 29.3. The maximum absolute atomic E-state index is 14.1. The first-order valence-corrected chi connectivity index (χ1v) is 15.9. The SMILES string of the molecule is CC(C)N1CCN2CCN(C3CCNC4(CCCCCCCC4)C3NC(=O)c3c(N)nn4cc(F)cnc34)CC2C1=O. The summed E-state index contributed by atoms with van der Waals surface area (Å²) in [5.41, 5.74) is 6.37. The van der Waals surface area contributed by atoms with Gasteiger partial charge in [-0.3, -0.25) is 19.4 Å². The summed E-state index contributed by atoms with van der Waals surface area (Å²) in [6.45, 7) is 9.09. The molecular formula is C30H46FN9O2. The summed E-state index contributed by atoms with van der Waals surface area (Å²) in [6.07, 6.45) is 12.2. The van der Waals surface area contributed by atoms with E-state index in [0.29, 0.717) is 6.54 Å². The van der Waals surface area contributed by atoms with Crippen LogP contribution in [-0.2, 0) is 4.79 Å². The van der Waals surface area contributed by atoms with E-state index in [0.717, 1.165) is 71.0 Å². The minimum absolute atomic E-state index is 0.0321. The highest BCUT2D eigenvalue weighted by Crippen LogP contribution is 2.36. The van der Waals surface area contributed by atoms with Gasteiger partial charge in [-0.15, -0.1) is 5.10 Å². The van der Waals surface area contributed by atoms with E-state index >= 15 is 0 Å². The number of nitrogens with zero attached hydrogens (tertiary/aromatic N) is 6. The van der Waals surface area contributed by atoms with E-state index in [2.05, 4.69) is 44.4 Å². The third kappa shape index (κ3) is 5.48. The van der Waals surface area contributed by atoms with Gasteiger partial charge in [0.2, 0.25) is 5.91 Å². The lowest BCUT2D eigenvalue weighted by atomic mass is 9.73. The molecule has 5 heterocycles. The van der Waals surface area contributed by atoms with Crippen molar-refractivity contribution in [2.24, 2.45) is 0 Å². The third-order valence-electron chi connectivity index (χ3n) is 10.2. The molecule has 4 N–H and O–H groups in total. The van der Waals surface area contributed by atoms with Gasteiger partial charge >= 0.3 is 0 Å². The minimum atomic E-state index is -0.550. The van der Waals surface area contributed by atoms with Crippen molar-refractivity contribution in [2.75, 3.05) is 45.0 Å². The Kier molecular flexibility index (Phi) is 8.39. The number of anilines is 1. The number of fused-ring (bicyclic) bond motifs is 2. The van der Waals surface area contributed by atoms with Crippen LogP contribution in [0.2, 0.25) is 0 Å². The first-order valence-electron chi connectivity index (χ1n) is 15.9. The molecule has 1 saturated carbocycles. The predicted octanol–water partition coefficient (Wildman–Crippen LogP) is 2.02. The number of aromatic nitrogens is 3. The molecule has 230 valence electrons. The Labute approximate surface area is 247 Å². The largest absolute Gasteiger partial charge is 0.381 e. The molecule has 0 bridgehead atoms. The fourth-order valence-corrected chi connectivity index (χ4v) is 8.00. The van der Waals surface area contributed by atoms with Crippen LogP contribution in [0.4, 0.5) is 10.2 Å². The van der Waals surface area contributed by atoms with Crippen LogP contribution >= 0.6 is 0 Å². The van der Waals surface area contributed by atoms with Gasteiger partial charge < -0.3 is 21.3 Å². The van der Waals surface area contributed by atoms with Crippen LogP contribution in [0.5, 0.6) is 0 Å². The zero-order valence-electron chi connectivity index (χ0n) is 25.0. The molecule has 3 atom stereocenters. The number of rotatable bonds is 4. The molecule has 0 aromatic carbocycles. The molecule has 4 fully saturated rings. The maximum Gasteiger partial charge on any atom is 0.259 e. The summed E-state index contributed by atoms with van der Waals surface area (Å²) in [7, 11) is 0. The zero-order valence-corrected chi connectivity index (χ0v) is 25.0. The molecule has 2 aromatic rings. The monoisotopic (exact) mass is 583 g/mol. The van der Waals surface area contributed by atoms with Crippen LogP contribution in [0.3, 0.4) is 0 Å². The van der Waals surface area contributed by atoms with Crippen molar-refractivity contribution in [3.05, 3.63) is 23.8 Å². The third-order valence-corrected chi connectivity index (χ3v) is 10.2. The Morgan fingerprint density at radius 3 is 2.52 bits per heavy atom. The molecule has 12 heteroatoms. The summed E-state index contributed by atoms with van der Waals surface area (Å²) in [4.78, 5) is 38.6. The van der Waals surface area contributed by atoms with Gasteiger partial charge in [0.05, 0.1) is 18.4 Å². The molecule has 6 rings (SSSR count). The summed E-state index contributed by atoms with van der Waals surface area (Å²) in [5.74, 6) is -0.641. The van der Waals surface area contributed by atoms with Gasteiger partial charge in [0.15, 0.2) is 17.3 Å². The molecule has 0 radical (unpaired) electrons. The lowest BCUT2D eigenvalue weighted by Gasteiger charge is -2.55. The van der Waals surface area contributed by atoms with Gasteiger partial charge in [0.1, 0.15) is 11.6 Å². The number of amides is 2. The molecule has 2 amide bonds. The Balaban J connectivity index is 1.32. The number of piperazine rings is 2.